The Hall–Kier alpha value is -1.98. The third-order valence-electron chi connectivity index (χ3n) is 3.32. The van der Waals surface area contributed by atoms with Crippen LogP contribution in [0.15, 0.2) is 53.7 Å². The van der Waals surface area contributed by atoms with Crippen molar-refractivity contribution in [1.29, 1.82) is 0 Å². The van der Waals surface area contributed by atoms with Crippen LogP contribution in [0.25, 0.3) is 17.1 Å². The van der Waals surface area contributed by atoms with Crippen molar-refractivity contribution >= 4 is 23.4 Å². The molecule has 0 aliphatic carbocycles. The predicted molar refractivity (Wildman–Crippen MR) is 94.8 cm³/mol. The summed E-state index contributed by atoms with van der Waals surface area (Å²) < 4.78 is 7.35. The van der Waals surface area contributed by atoms with E-state index in [4.69, 9.17) is 16.3 Å². The molecule has 0 saturated heterocycles. The van der Waals surface area contributed by atoms with Gasteiger partial charge in [0.15, 0.2) is 11.0 Å². The molecular formula is C17H16ClN3OS. The molecular weight excluding hydrogens is 330 g/mol. The van der Waals surface area contributed by atoms with Crippen molar-refractivity contribution in [3.8, 4) is 22.8 Å². The average molecular weight is 346 g/mol. The largest absolute Gasteiger partial charge is 0.497 e. The number of benzene rings is 2. The average Bonchev–Trinajstić information content (AvgIpc) is 3.00. The minimum absolute atomic E-state index is 0.703. The number of ether oxygens (including phenoxy) is 1. The topological polar surface area (TPSA) is 39.9 Å². The lowest BCUT2D eigenvalue weighted by Gasteiger charge is -2.10. The fourth-order valence-corrected chi connectivity index (χ4v) is 3.07. The molecule has 0 atom stereocenters. The lowest BCUT2D eigenvalue weighted by Crippen LogP contribution is -1.99. The van der Waals surface area contributed by atoms with Gasteiger partial charge in [-0.05, 0) is 42.2 Å². The molecule has 23 heavy (non-hydrogen) atoms. The standard InChI is InChI=1S/C17H16ClN3OS/c1-3-23-17-20-19-16(12-5-4-6-15(11-12)22-2)21(17)14-9-7-13(18)8-10-14/h4-11H,3H2,1-2H3. The summed E-state index contributed by atoms with van der Waals surface area (Å²) in [7, 11) is 1.65. The zero-order valence-electron chi connectivity index (χ0n) is 12.9. The van der Waals surface area contributed by atoms with E-state index in [9.17, 15) is 0 Å². The molecule has 2 aromatic carbocycles. The number of nitrogens with zero attached hydrogens (tertiary/aromatic N) is 3. The molecule has 6 heteroatoms. The molecule has 0 aliphatic rings. The smallest absolute Gasteiger partial charge is 0.196 e. The summed E-state index contributed by atoms with van der Waals surface area (Å²) >= 11 is 7.66. The number of rotatable bonds is 5. The second-order valence-corrected chi connectivity index (χ2v) is 6.45. The number of aromatic nitrogens is 3. The first kappa shape index (κ1) is 15.9. The number of thioether (sulfide) groups is 1. The van der Waals surface area contributed by atoms with Gasteiger partial charge in [-0.3, -0.25) is 4.57 Å². The van der Waals surface area contributed by atoms with E-state index in [-0.39, 0.29) is 0 Å². The molecule has 0 fully saturated rings. The van der Waals surface area contributed by atoms with Gasteiger partial charge in [0.25, 0.3) is 0 Å². The first-order chi connectivity index (χ1) is 11.2. The summed E-state index contributed by atoms with van der Waals surface area (Å²) in [5.41, 5.74) is 1.93. The highest BCUT2D eigenvalue weighted by molar-refractivity contribution is 7.99. The van der Waals surface area contributed by atoms with Crippen molar-refractivity contribution in [3.05, 3.63) is 53.6 Å². The Morgan fingerprint density at radius 1 is 1.13 bits per heavy atom. The van der Waals surface area contributed by atoms with Crippen LogP contribution in [0.2, 0.25) is 5.02 Å². The van der Waals surface area contributed by atoms with Crippen LogP contribution in [0.3, 0.4) is 0 Å². The molecule has 0 unspecified atom stereocenters. The van der Waals surface area contributed by atoms with Gasteiger partial charge in [0.05, 0.1) is 7.11 Å². The minimum Gasteiger partial charge on any atom is -0.497 e. The highest BCUT2D eigenvalue weighted by atomic mass is 35.5. The summed E-state index contributed by atoms with van der Waals surface area (Å²) in [6, 6.07) is 15.5. The number of hydrogen-bond acceptors (Lipinski definition) is 4. The van der Waals surface area contributed by atoms with E-state index < -0.39 is 0 Å². The van der Waals surface area contributed by atoms with E-state index in [0.717, 1.165) is 33.7 Å². The van der Waals surface area contributed by atoms with Crippen LogP contribution < -0.4 is 4.74 Å². The maximum atomic E-state index is 6.01. The van der Waals surface area contributed by atoms with E-state index >= 15 is 0 Å². The fraction of sp³-hybridized carbons (Fsp3) is 0.176. The Bertz CT molecular complexity index is 802. The van der Waals surface area contributed by atoms with E-state index in [2.05, 4.69) is 17.1 Å². The molecule has 3 aromatic rings. The Labute approximate surface area is 144 Å². The second kappa shape index (κ2) is 7.06. The van der Waals surface area contributed by atoms with Crippen LogP contribution in [0.1, 0.15) is 6.92 Å². The van der Waals surface area contributed by atoms with Crippen molar-refractivity contribution in [2.75, 3.05) is 12.9 Å². The highest BCUT2D eigenvalue weighted by Crippen LogP contribution is 2.30. The Kier molecular flexibility index (Phi) is 4.88. The molecule has 1 aromatic heterocycles. The molecule has 0 N–H and O–H groups in total. The summed E-state index contributed by atoms with van der Waals surface area (Å²) in [4.78, 5) is 0. The fourth-order valence-electron chi connectivity index (χ4n) is 2.26. The Morgan fingerprint density at radius 2 is 1.91 bits per heavy atom. The lowest BCUT2D eigenvalue weighted by atomic mass is 10.2. The van der Waals surface area contributed by atoms with Gasteiger partial charge in [0.1, 0.15) is 5.75 Å². The second-order valence-electron chi connectivity index (χ2n) is 4.78. The van der Waals surface area contributed by atoms with Crippen LogP contribution in [0.5, 0.6) is 5.75 Å². The van der Waals surface area contributed by atoms with Gasteiger partial charge >= 0.3 is 0 Å². The first-order valence-corrected chi connectivity index (χ1v) is 8.58. The molecule has 0 saturated carbocycles. The van der Waals surface area contributed by atoms with Crippen LogP contribution in [0, 0.1) is 0 Å². The Morgan fingerprint density at radius 3 is 2.61 bits per heavy atom. The number of methoxy groups -OCH3 is 1. The third kappa shape index (κ3) is 3.35. The summed E-state index contributed by atoms with van der Waals surface area (Å²) in [5.74, 6) is 2.49. The van der Waals surface area contributed by atoms with Crippen LogP contribution >= 0.6 is 23.4 Å². The van der Waals surface area contributed by atoms with Crippen LogP contribution in [-0.4, -0.2) is 27.6 Å². The normalized spacial score (nSPS) is 10.7. The van der Waals surface area contributed by atoms with Crippen molar-refractivity contribution in [1.82, 2.24) is 14.8 Å². The van der Waals surface area contributed by atoms with Gasteiger partial charge < -0.3 is 4.74 Å². The molecule has 0 radical (unpaired) electrons. The van der Waals surface area contributed by atoms with Crippen molar-refractivity contribution in [3.63, 3.8) is 0 Å². The first-order valence-electron chi connectivity index (χ1n) is 7.21. The maximum absolute atomic E-state index is 6.01. The highest BCUT2D eigenvalue weighted by Gasteiger charge is 2.16. The molecule has 0 aliphatic heterocycles. The minimum atomic E-state index is 0.703. The quantitative estimate of drug-likeness (QED) is 0.628. The molecule has 3 rings (SSSR count). The zero-order valence-corrected chi connectivity index (χ0v) is 14.4. The molecule has 0 bridgehead atoms. The number of halogens is 1. The SMILES string of the molecule is CCSc1nnc(-c2cccc(OC)c2)n1-c1ccc(Cl)cc1. The molecule has 0 spiro atoms. The summed E-state index contributed by atoms with van der Waals surface area (Å²) in [5, 5.41) is 10.3. The molecule has 118 valence electrons. The maximum Gasteiger partial charge on any atom is 0.196 e. The van der Waals surface area contributed by atoms with Crippen LogP contribution in [-0.2, 0) is 0 Å². The van der Waals surface area contributed by atoms with E-state index in [0.29, 0.717) is 5.02 Å². The van der Waals surface area contributed by atoms with Gasteiger partial charge in [-0.15, -0.1) is 10.2 Å². The molecule has 0 amide bonds. The van der Waals surface area contributed by atoms with E-state index in [1.807, 2.05) is 53.1 Å². The van der Waals surface area contributed by atoms with Crippen molar-refractivity contribution in [2.45, 2.75) is 12.1 Å². The van der Waals surface area contributed by atoms with Gasteiger partial charge in [0, 0.05) is 16.3 Å². The van der Waals surface area contributed by atoms with Crippen molar-refractivity contribution < 1.29 is 4.74 Å². The van der Waals surface area contributed by atoms with Gasteiger partial charge in [-0.2, -0.15) is 0 Å². The third-order valence-corrected chi connectivity index (χ3v) is 4.38. The monoisotopic (exact) mass is 345 g/mol. The summed E-state index contributed by atoms with van der Waals surface area (Å²) in [6.07, 6.45) is 0. The lowest BCUT2D eigenvalue weighted by molar-refractivity contribution is 0.415. The number of hydrogen-bond donors (Lipinski definition) is 0. The van der Waals surface area contributed by atoms with Crippen LogP contribution in [0.4, 0.5) is 0 Å². The predicted octanol–water partition coefficient (Wildman–Crippen LogP) is 4.71. The zero-order chi connectivity index (χ0) is 16.2. The van der Waals surface area contributed by atoms with E-state index in [1.54, 1.807) is 18.9 Å². The molecule has 1 heterocycles. The molecule has 4 nitrogen and oxygen atoms in total. The van der Waals surface area contributed by atoms with Gasteiger partial charge in [0.2, 0.25) is 0 Å². The Balaban J connectivity index is 2.15. The van der Waals surface area contributed by atoms with Gasteiger partial charge in [-0.1, -0.05) is 42.4 Å². The summed E-state index contributed by atoms with van der Waals surface area (Å²) in [6.45, 7) is 2.09. The van der Waals surface area contributed by atoms with E-state index in [1.165, 1.54) is 0 Å². The van der Waals surface area contributed by atoms with Gasteiger partial charge in [-0.25, -0.2) is 0 Å². The van der Waals surface area contributed by atoms with Crippen molar-refractivity contribution in [2.24, 2.45) is 0 Å².